The van der Waals surface area contributed by atoms with Gasteiger partial charge < -0.3 is 24.5 Å². The van der Waals surface area contributed by atoms with E-state index in [1.165, 1.54) is 36.6 Å². The average molecular weight is 472 g/mol. The number of furan rings is 1. The number of carbonyl (C=O) groups is 3. The summed E-state index contributed by atoms with van der Waals surface area (Å²) in [5, 5.41) is 5.28. The van der Waals surface area contributed by atoms with Crippen LogP contribution < -0.4 is 15.4 Å². The van der Waals surface area contributed by atoms with Crippen molar-refractivity contribution in [1.82, 2.24) is 5.32 Å². The highest BCUT2D eigenvalue weighted by atomic mass is 19.3. The monoisotopic (exact) mass is 472 g/mol. The Hall–Kier alpha value is -4.21. The number of anilines is 1. The van der Waals surface area contributed by atoms with Crippen LogP contribution in [0.2, 0.25) is 0 Å². The highest BCUT2D eigenvalue weighted by Crippen LogP contribution is 2.19. The second kappa shape index (κ2) is 11.6. The van der Waals surface area contributed by atoms with Crippen molar-refractivity contribution in [3.63, 3.8) is 0 Å². The molecule has 0 saturated carbocycles. The normalized spacial score (nSPS) is 10.6. The van der Waals surface area contributed by atoms with Crippen molar-refractivity contribution in [3.05, 3.63) is 83.3 Å². The van der Waals surface area contributed by atoms with Crippen molar-refractivity contribution < 1.29 is 37.1 Å². The summed E-state index contributed by atoms with van der Waals surface area (Å²) in [6.45, 7) is -1.35. The lowest BCUT2D eigenvalue weighted by Crippen LogP contribution is -2.30. The first-order chi connectivity index (χ1) is 16.3. The average Bonchev–Trinajstić information content (AvgIpc) is 3.35. The largest absolute Gasteiger partial charge is 0.459 e. The van der Waals surface area contributed by atoms with Gasteiger partial charge in [0.2, 0.25) is 0 Å². The summed E-state index contributed by atoms with van der Waals surface area (Å²) in [7, 11) is 0. The van der Waals surface area contributed by atoms with Crippen LogP contribution in [0.25, 0.3) is 0 Å². The Bertz CT molecular complexity index is 1130. The van der Waals surface area contributed by atoms with E-state index in [9.17, 15) is 23.2 Å². The van der Waals surface area contributed by atoms with Crippen molar-refractivity contribution in [2.45, 2.75) is 20.0 Å². The fourth-order valence-corrected chi connectivity index (χ4v) is 2.92. The van der Waals surface area contributed by atoms with Crippen molar-refractivity contribution >= 4 is 23.5 Å². The van der Waals surface area contributed by atoms with Gasteiger partial charge in [0.1, 0.15) is 5.75 Å². The smallest absolute Gasteiger partial charge is 0.387 e. The second-order valence-electron chi connectivity index (χ2n) is 7.16. The van der Waals surface area contributed by atoms with E-state index in [0.717, 1.165) is 11.1 Å². The minimum absolute atomic E-state index is 0.0505. The van der Waals surface area contributed by atoms with Crippen molar-refractivity contribution in [2.75, 3.05) is 18.5 Å². The van der Waals surface area contributed by atoms with E-state index in [4.69, 9.17) is 9.15 Å². The number of alkyl halides is 2. The summed E-state index contributed by atoms with van der Waals surface area (Å²) in [5.74, 6) is -1.51. The standard InChI is InChI=1S/C24H22F2N2O6/c1-15-4-7-17(13-19(15)28-22(30)20-3-2-12-32-20)23(31)33-14-21(29)27-11-10-16-5-8-18(9-6-16)34-24(25)26/h2-9,12-13,24H,10-11,14H2,1H3,(H,27,29)(H,28,30). The zero-order valence-electron chi connectivity index (χ0n) is 18.2. The minimum atomic E-state index is -2.89. The molecule has 0 saturated heterocycles. The number of aryl methyl sites for hydroxylation is 1. The molecule has 3 aromatic rings. The maximum Gasteiger partial charge on any atom is 0.387 e. The molecule has 8 nitrogen and oxygen atoms in total. The fourth-order valence-electron chi connectivity index (χ4n) is 2.92. The van der Waals surface area contributed by atoms with Crippen molar-refractivity contribution in [1.29, 1.82) is 0 Å². The van der Waals surface area contributed by atoms with Gasteiger partial charge in [0.05, 0.1) is 11.8 Å². The quantitative estimate of drug-likeness (QED) is 0.433. The number of hydrogen-bond donors (Lipinski definition) is 2. The molecule has 0 radical (unpaired) electrons. The van der Waals surface area contributed by atoms with Gasteiger partial charge in [0.15, 0.2) is 12.4 Å². The Labute approximate surface area is 193 Å². The third-order valence-corrected chi connectivity index (χ3v) is 4.69. The lowest BCUT2D eigenvalue weighted by atomic mass is 10.1. The van der Waals surface area contributed by atoms with Gasteiger partial charge in [-0.3, -0.25) is 9.59 Å². The zero-order chi connectivity index (χ0) is 24.5. The van der Waals surface area contributed by atoms with Crippen molar-refractivity contribution in [3.8, 4) is 5.75 Å². The Balaban J connectivity index is 1.44. The molecule has 1 heterocycles. The van der Waals surface area contributed by atoms with Gasteiger partial charge in [-0.15, -0.1) is 0 Å². The first-order valence-electron chi connectivity index (χ1n) is 10.2. The lowest BCUT2D eigenvalue weighted by molar-refractivity contribution is -0.124. The van der Waals surface area contributed by atoms with E-state index in [1.54, 1.807) is 31.2 Å². The number of esters is 1. The highest BCUT2D eigenvalue weighted by Gasteiger charge is 2.15. The number of ether oxygens (including phenoxy) is 2. The molecule has 0 spiro atoms. The molecule has 0 aliphatic rings. The van der Waals surface area contributed by atoms with Gasteiger partial charge in [0, 0.05) is 12.2 Å². The third-order valence-electron chi connectivity index (χ3n) is 4.69. The molecule has 2 N–H and O–H groups in total. The lowest BCUT2D eigenvalue weighted by Gasteiger charge is -2.10. The Kier molecular flexibility index (Phi) is 8.33. The van der Waals surface area contributed by atoms with E-state index in [1.807, 2.05) is 0 Å². The van der Waals surface area contributed by atoms with Crippen LogP contribution in [0.15, 0.2) is 65.3 Å². The third kappa shape index (κ3) is 7.16. The number of halogens is 2. The molecule has 0 unspecified atom stereocenters. The highest BCUT2D eigenvalue weighted by molar-refractivity contribution is 6.03. The molecule has 0 bridgehead atoms. The first-order valence-corrected chi connectivity index (χ1v) is 10.2. The van der Waals surface area contributed by atoms with Gasteiger partial charge in [-0.2, -0.15) is 8.78 Å². The van der Waals surface area contributed by atoms with E-state index in [2.05, 4.69) is 15.4 Å². The minimum Gasteiger partial charge on any atom is -0.459 e. The van der Waals surface area contributed by atoms with Crippen LogP contribution in [-0.4, -0.2) is 37.5 Å². The molecule has 0 atom stereocenters. The number of nitrogens with one attached hydrogen (secondary N) is 2. The predicted octanol–water partition coefficient (Wildman–Crippen LogP) is 3.96. The van der Waals surface area contributed by atoms with Crippen LogP contribution in [0, 0.1) is 6.92 Å². The summed E-state index contributed by atoms with van der Waals surface area (Å²) in [6.07, 6.45) is 1.83. The fraction of sp³-hybridized carbons (Fsp3) is 0.208. The maximum absolute atomic E-state index is 12.3. The predicted molar refractivity (Wildman–Crippen MR) is 118 cm³/mol. The molecule has 3 rings (SSSR count). The van der Waals surface area contributed by atoms with E-state index >= 15 is 0 Å². The molecule has 178 valence electrons. The molecule has 0 aliphatic heterocycles. The molecule has 0 fully saturated rings. The molecule has 34 heavy (non-hydrogen) atoms. The van der Waals surface area contributed by atoms with Gasteiger partial charge in [-0.1, -0.05) is 18.2 Å². The van der Waals surface area contributed by atoms with E-state index in [0.29, 0.717) is 12.1 Å². The van der Waals surface area contributed by atoms with Crippen LogP contribution in [0.3, 0.4) is 0 Å². The number of amides is 2. The number of benzene rings is 2. The molecular weight excluding hydrogens is 450 g/mol. The zero-order valence-corrected chi connectivity index (χ0v) is 18.2. The molecule has 0 aliphatic carbocycles. The molecule has 1 aromatic heterocycles. The maximum atomic E-state index is 12.3. The van der Waals surface area contributed by atoms with Crippen LogP contribution in [0.5, 0.6) is 5.75 Å². The van der Waals surface area contributed by atoms with Crippen molar-refractivity contribution in [2.24, 2.45) is 0 Å². The van der Waals surface area contributed by atoms with Gasteiger partial charge >= 0.3 is 12.6 Å². The van der Waals surface area contributed by atoms with Crippen LogP contribution in [-0.2, 0) is 16.0 Å². The summed E-state index contributed by atoms with van der Waals surface area (Å²) < 4.78 is 38.7. The van der Waals surface area contributed by atoms with Crippen LogP contribution in [0.1, 0.15) is 32.0 Å². The van der Waals surface area contributed by atoms with Gasteiger partial charge in [0.25, 0.3) is 11.8 Å². The van der Waals surface area contributed by atoms with E-state index < -0.39 is 31.0 Å². The van der Waals surface area contributed by atoms with Gasteiger partial charge in [-0.25, -0.2) is 4.79 Å². The number of carbonyl (C=O) groups excluding carboxylic acids is 3. The Morgan fingerprint density at radius 2 is 1.82 bits per heavy atom. The summed E-state index contributed by atoms with van der Waals surface area (Å²) in [4.78, 5) is 36.5. The van der Waals surface area contributed by atoms with Crippen LogP contribution >= 0.6 is 0 Å². The van der Waals surface area contributed by atoms with Crippen LogP contribution in [0.4, 0.5) is 14.5 Å². The first kappa shape index (κ1) is 24.4. The molecule has 2 amide bonds. The number of rotatable bonds is 10. The molecular formula is C24H22F2N2O6. The summed E-state index contributed by atoms with van der Waals surface area (Å²) >= 11 is 0. The SMILES string of the molecule is Cc1ccc(C(=O)OCC(=O)NCCc2ccc(OC(F)F)cc2)cc1NC(=O)c1ccco1. The summed E-state index contributed by atoms with van der Waals surface area (Å²) in [5.41, 5.74) is 2.11. The van der Waals surface area contributed by atoms with E-state index in [-0.39, 0.29) is 23.6 Å². The summed E-state index contributed by atoms with van der Waals surface area (Å²) in [6, 6.07) is 13.8. The second-order valence-corrected chi connectivity index (χ2v) is 7.16. The molecule has 10 heteroatoms. The Morgan fingerprint density at radius 1 is 1.06 bits per heavy atom. The topological polar surface area (TPSA) is 107 Å². The Morgan fingerprint density at radius 3 is 2.50 bits per heavy atom. The van der Waals surface area contributed by atoms with Gasteiger partial charge in [-0.05, 0) is 60.9 Å². The number of hydrogen-bond acceptors (Lipinski definition) is 6. The molecule has 2 aromatic carbocycles.